The van der Waals surface area contributed by atoms with Crippen LogP contribution in [0.25, 0.3) is 17.5 Å². The van der Waals surface area contributed by atoms with E-state index in [4.69, 9.17) is 11.6 Å². The van der Waals surface area contributed by atoms with E-state index in [0.29, 0.717) is 18.1 Å². The van der Waals surface area contributed by atoms with Crippen LogP contribution in [0.15, 0.2) is 67.0 Å². The molecule has 126 valence electrons. The summed E-state index contributed by atoms with van der Waals surface area (Å²) in [4.78, 5) is 16.1. The van der Waals surface area contributed by atoms with Crippen LogP contribution in [-0.4, -0.2) is 27.2 Å². The van der Waals surface area contributed by atoms with Gasteiger partial charge in [-0.05, 0) is 35.9 Å². The van der Waals surface area contributed by atoms with Crippen molar-refractivity contribution in [2.75, 3.05) is 6.54 Å². The zero-order chi connectivity index (χ0) is 17.5. The minimum atomic E-state index is -0.169. The molecule has 0 atom stereocenters. The number of hydrogen-bond acceptors (Lipinski definition) is 3. The molecule has 2 heterocycles. The largest absolute Gasteiger partial charge is 0.351 e. The second kappa shape index (κ2) is 8.26. The number of hydrogen-bond donors (Lipinski definition) is 1. The normalized spacial score (nSPS) is 10.9. The maximum Gasteiger partial charge on any atom is 0.244 e. The van der Waals surface area contributed by atoms with Crippen molar-refractivity contribution in [1.82, 2.24) is 20.1 Å². The van der Waals surface area contributed by atoms with Crippen LogP contribution in [0, 0.1) is 0 Å². The highest BCUT2D eigenvalue weighted by Gasteiger charge is 2.03. The van der Waals surface area contributed by atoms with Crippen LogP contribution in [0.5, 0.6) is 0 Å². The van der Waals surface area contributed by atoms with E-state index in [-0.39, 0.29) is 5.91 Å². The topological polar surface area (TPSA) is 59.8 Å². The number of carbonyl (C=O) groups is 1. The van der Waals surface area contributed by atoms with Gasteiger partial charge in [0.05, 0.1) is 12.2 Å². The summed E-state index contributed by atoms with van der Waals surface area (Å²) >= 11 is 6.05. The molecule has 0 fully saturated rings. The van der Waals surface area contributed by atoms with Crippen molar-refractivity contribution in [3.05, 3.63) is 77.6 Å². The third kappa shape index (κ3) is 4.78. The molecule has 0 bridgehead atoms. The van der Waals surface area contributed by atoms with Crippen molar-refractivity contribution in [2.45, 2.75) is 6.54 Å². The molecule has 0 aliphatic rings. The fourth-order valence-corrected chi connectivity index (χ4v) is 2.46. The Morgan fingerprint density at radius 2 is 1.96 bits per heavy atom. The van der Waals surface area contributed by atoms with Gasteiger partial charge in [0.25, 0.3) is 0 Å². The van der Waals surface area contributed by atoms with Gasteiger partial charge < -0.3 is 5.32 Å². The molecule has 0 aliphatic heterocycles. The summed E-state index contributed by atoms with van der Waals surface area (Å²) in [7, 11) is 0. The number of benzene rings is 1. The van der Waals surface area contributed by atoms with Crippen molar-refractivity contribution in [3.8, 4) is 11.4 Å². The number of rotatable bonds is 6. The fraction of sp³-hybridized carbons (Fsp3) is 0.105. The summed E-state index contributed by atoms with van der Waals surface area (Å²) in [6, 6.07) is 15.0. The van der Waals surface area contributed by atoms with Gasteiger partial charge in [0.2, 0.25) is 5.91 Å². The van der Waals surface area contributed by atoms with Gasteiger partial charge in [0, 0.05) is 30.0 Å². The van der Waals surface area contributed by atoms with Gasteiger partial charge in [-0.2, -0.15) is 5.10 Å². The van der Waals surface area contributed by atoms with Gasteiger partial charge in [0.1, 0.15) is 5.69 Å². The van der Waals surface area contributed by atoms with Crippen molar-refractivity contribution in [2.24, 2.45) is 0 Å². The highest BCUT2D eigenvalue weighted by molar-refractivity contribution is 6.32. The molecule has 3 rings (SSSR count). The number of halogens is 1. The zero-order valence-electron chi connectivity index (χ0n) is 13.5. The summed E-state index contributed by atoms with van der Waals surface area (Å²) in [6.07, 6.45) is 6.78. The number of nitrogens with zero attached hydrogens (tertiary/aromatic N) is 3. The maximum atomic E-state index is 11.9. The minimum Gasteiger partial charge on any atom is -0.351 e. The molecular formula is C19H17ClN4O. The Labute approximate surface area is 151 Å². The molecule has 0 spiro atoms. The molecular weight excluding hydrogens is 336 g/mol. The van der Waals surface area contributed by atoms with E-state index in [2.05, 4.69) is 15.4 Å². The van der Waals surface area contributed by atoms with Crippen molar-refractivity contribution >= 4 is 23.6 Å². The summed E-state index contributed by atoms with van der Waals surface area (Å²) in [5.41, 5.74) is 2.45. The Kier molecular flexibility index (Phi) is 5.59. The molecule has 3 aromatic rings. The first-order chi connectivity index (χ1) is 12.2. The summed E-state index contributed by atoms with van der Waals surface area (Å²) in [5, 5.41) is 7.89. The third-order valence-electron chi connectivity index (χ3n) is 3.53. The smallest absolute Gasteiger partial charge is 0.244 e. The fourth-order valence-electron chi connectivity index (χ4n) is 2.27. The van der Waals surface area contributed by atoms with Crippen LogP contribution in [0.3, 0.4) is 0 Å². The van der Waals surface area contributed by atoms with Crippen LogP contribution < -0.4 is 5.32 Å². The Bertz CT molecular complexity index is 874. The van der Waals surface area contributed by atoms with Gasteiger partial charge in [-0.25, -0.2) is 0 Å². The molecule has 6 heteroatoms. The lowest BCUT2D eigenvalue weighted by atomic mass is 10.2. The molecule has 0 radical (unpaired) electrons. The van der Waals surface area contributed by atoms with E-state index in [1.807, 2.05) is 48.7 Å². The average molecular weight is 353 g/mol. The van der Waals surface area contributed by atoms with Gasteiger partial charge in [-0.3, -0.25) is 14.5 Å². The first-order valence-corrected chi connectivity index (χ1v) is 8.25. The Balaban J connectivity index is 1.49. The SMILES string of the molecule is O=C(/C=C/c1ccccc1Cl)NCCn1ccc(-c2ccccn2)n1. The number of aromatic nitrogens is 3. The Morgan fingerprint density at radius 3 is 2.76 bits per heavy atom. The second-order valence-corrected chi connectivity index (χ2v) is 5.73. The molecule has 0 unspecified atom stereocenters. The molecule has 0 aliphatic carbocycles. The van der Waals surface area contributed by atoms with Gasteiger partial charge >= 0.3 is 0 Å². The van der Waals surface area contributed by atoms with Gasteiger partial charge in [-0.1, -0.05) is 35.9 Å². The molecule has 2 aromatic heterocycles. The summed E-state index contributed by atoms with van der Waals surface area (Å²) in [5.74, 6) is -0.169. The van der Waals surface area contributed by atoms with Crippen LogP contribution in [0.1, 0.15) is 5.56 Å². The van der Waals surface area contributed by atoms with Crippen LogP contribution in [0.4, 0.5) is 0 Å². The second-order valence-electron chi connectivity index (χ2n) is 5.32. The molecule has 25 heavy (non-hydrogen) atoms. The Hall–Kier alpha value is -2.92. The van der Waals surface area contributed by atoms with Crippen LogP contribution in [0.2, 0.25) is 5.02 Å². The predicted molar refractivity (Wildman–Crippen MR) is 99.0 cm³/mol. The highest BCUT2D eigenvalue weighted by atomic mass is 35.5. The lowest BCUT2D eigenvalue weighted by molar-refractivity contribution is -0.116. The summed E-state index contributed by atoms with van der Waals surface area (Å²) in [6.45, 7) is 1.06. The van der Waals surface area contributed by atoms with Gasteiger partial charge in [0.15, 0.2) is 0 Å². The molecule has 5 nitrogen and oxygen atoms in total. The number of pyridine rings is 1. The Morgan fingerprint density at radius 1 is 1.12 bits per heavy atom. The maximum absolute atomic E-state index is 11.9. The van der Waals surface area contributed by atoms with Crippen molar-refractivity contribution < 1.29 is 4.79 Å². The van der Waals surface area contributed by atoms with E-state index in [1.54, 1.807) is 23.0 Å². The van der Waals surface area contributed by atoms with E-state index >= 15 is 0 Å². The zero-order valence-corrected chi connectivity index (χ0v) is 14.2. The molecule has 0 saturated carbocycles. The van der Waals surface area contributed by atoms with Crippen molar-refractivity contribution in [1.29, 1.82) is 0 Å². The van der Waals surface area contributed by atoms with E-state index in [9.17, 15) is 4.79 Å². The van der Waals surface area contributed by atoms with Crippen LogP contribution in [-0.2, 0) is 11.3 Å². The summed E-state index contributed by atoms with van der Waals surface area (Å²) < 4.78 is 1.78. The molecule has 1 aromatic carbocycles. The lowest BCUT2D eigenvalue weighted by Crippen LogP contribution is -2.25. The first kappa shape index (κ1) is 16.9. The molecule has 1 amide bonds. The molecule has 0 saturated heterocycles. The third-order valence-corrected chi connectivity index (χ3v) is 3.87. The van der Waals surface area contributed by atoms with Gasteiger partial charge in [-0.15, -0.1) is 0 Å². The van der Waals surface area contributed by atoms with E-state index in [0.717, 1.165) is 17.0 Å². The highest BCUT2D eigenvalue weighted by Crippen LogP contribution is 2.16. The molecule has 1 N–H and O–H groups in total. The first-order valence-electron chi connectivity index (χ1n) is 7.88. The number of amides is 1. The van der Waals surface area contributed by atoms with E-state index in [1.165, 1.54) is 6.08 Å². The standard InChI is InChI=1S/C19H17ClN4O/c20-16-6-2-1-5-15(16)8-9-19(25)22-12-14-24-13-10-18(23-24)17-7-3-4-11-21-17/h1-11,13H,12,14H2,(H,22,25)/b9-8+. The minimum absolute atomic E-state index is 0.169. The van der Waals surface area contributed by atoms with Crippen molar-refractivity contribution in [3.63, 3.8) is 0 Å². The average Bonchev–Trinajstić information content (AvgIpc) is 3.11. The van der Waals surface area contributed by atoms with Crippen LogP contribution >= 0.6 is 11.6 Å². The lowest BCUT2D eigenvalue weighted by Gasteiger charge is -2.03. The number of carbonyl (C=O) groups excluding carboxylic acids is 1. The number of nitrogens with one attached hydrogen (secondary N) is 1. The van der Waals surface area contributed by atoms with E-state index < -0.39 is 0 Å². The quantitative estimate of drug-likeness (QED) is 0.691. The predicted octanol–water partition coefficient (Wildman–Crippen LogP) is 3.43. The monoisotopic (exact) mass is 352 g/mol.